The summed E-state index contributed by atoms with van der Waals surface area (Å²) in [5.41, 5.74) is -0.0417. The van der Waals surface area contributed by atoms with Gasteiger partial charge in [-0.15, -0.1) is 0 Å². The van der Waals surface area contributed by atoms with Crippen LogP contribution in [-0.4, -0.2) is 24.8 Å². The van der Waals surface area contributed by atoms with E-state index < -0.39 is 0 Å². The van der Waals surface area contributed by atoms with Crippen LogP contribution >= 0.6 is 0 Å². The Hall–Kier alpha value is -0.0800. The lowest BCUT2D eigenvalue weighted by Crippen LogP contribution is -2.48. The first-order valence-electron chi connectivity index (χ1n) is 5.95. The molecule has 0 aromatic heterocycles. The van der Waals surface area contributed by atoms with E-state index in [1.54, 1.807) is 0 Å². The predicted molar refractivity (Wildman–Crippen MR) is 62.7 cm³/mol. The van der Waals surface area contributed by atoms with Gasteiger partial charge in [-0.2, -0.15) is 0 Å². The Kier molecular flexibility index (Phi) is 7.20. The van der Waals surface area contributed by atoms with Crippen LogP contribution in [0.1, 0.15) is 53.9 Å². The zero-order chi connectivity index (χ0) is 11.0. The zero-order valence-electron chi connectivity index (χ0n) is 10.5. The van der Waals surface area contributed by atoms with Gasteiger partial charge < -0.3 is 10.1 Å². The van der Waals surface area contributed by atoms with Gasteiger partial charge in [0.1, 0.15) is 0 Å². The van der Waals surface area contributed by atoms with Crippen LogP contribution in [0.5, 0.6) is 0 Å². The highest BCUT2D eigenvalue weighted by Crippen LogP contribution is 2.19. The van der Waals surface area contributed by atoms with Crippen LogP contribution in [0.15, 0.2) is 0 Å². The van der Waals surface area contributed by atoms with E-state index >= 15 is 0 Å². The maximum absolute atomic E-state index is 5.78. The van der Waals surface area contributed by atoms with Gasteiger partial charge >= 0.3 is 0 Å². The monoisotopic (exact) mass is 201 g/mol. The topological polar surface area (TPSA) is 21.3 Å². The predicted octanol–water partition coefficient (Wildman–Crippen LogP) is 2.97. The molecule has 0 heterocycles. The molecule has 0 aromatic carbocycles. The summed E-state index contributed by atoms with van der Waals surface area (Å²) < 4.78 is 5.78. The Morgan fingerprint density at radius 1 is 1.21 bits per heavy atom. The van der Waals surface area contributed by atoms with Crippen LogP contribution < -0.4 is 5.32 Å². The van der Waals surface area contributed by atoms with Crippen molar-refractivity contribution in [3.8, 4) is 0 Å². The fourth-order valence-corrected chi connectivity index (χ4v) is 1.82. The average molecular weight is 201 g/mol. The number of ether oxygens (including phenoxy) is 1. The minimum Gasteiger partial charge on any atom is -0.374 e. The molecular formula is C12H27NO. The Labute approximate surface area is 89.4 Å². The van der Waals surface area contributed by atoms with E-state index in [4.69, 9.17) is 4.74 Å². The Bertz CT molecular complexity index is 134. The molecule has 0 radical (unpaired) electrons. The average Bonchev–Trinajstić information content (AvgIpc) is 2.11. The highest BCUT2D eigenvalue weighted by molar-refractivity contribution is 4.85. The van der Waals surface area contributed by atoms with Crippen molar-refractivity contribution in [1.29, 1.82) is 0 Å². The molecule has 1 unspecified atom stereocenters. The van der Waals surface area contributed by atoms with Gasteiger partial charge in [-0.05, 0) is 33.7 Å². The third-order valence-corrected chi connectivity index (χ3v) is 2.65. The van der Waals surface area contributed by atoms with Gasteiger partial charge in [0, 0.05) is 12.6 Å². The fourth-order valence-electron chi connectivity index (χ4n) is 1.82. The summed E-state index contributed by atoms with van der Waals surface area (Å²) in [6, 6.07) is 0.479. The van der Waals surface area contributed by atoms with E-state index in [1.807, 2.05) is 0 Å². The summed E-state index contributed by atoms with van der Waals surface area (Å²) in [7, 11) is 0. The lowest BCUT2D eigenvalue weighted by Gasteiger charge is -2.34. The summed E-state index contributed by atoms with van der Waals surface area (Å²) in [4.78, 5) is 0. The second kappa shape index (κ2) is 7.24. The summed E-state index contributed by atoms with van der Waals surface area (Å²) in [5.74, 6) is 0. The molecule has 0 fully saturated rings. The smallest absolute Gasteiger partial charge is 0.0778 e. The van der Waals surface area contributed by atoms with Gasteiger partial charge in [0.2, 0.25) is 0 Å². The lowest BCUT2D eigenvalue weighted by molar-refractivity contribution is -0.0401. The number of likely N-dealkylation sites (N-methyl/N-ethyl adjacent to an activating group) is 1. The molecule has 86 valence electrons. The third-order valence-electron chi connectivity index (χ3n) is 2.65. The molecule has 0 aliphatic heterocycles. The van der Waals surface area contributed by atoms with E-state index in [1.165, 1.54) is 19.3 Å². The molecule has 0 saturated heterocycles. The maximum atomic E-state index is 5.78. The van der Waals surface area contributed by atoms with Crippen molar-refractivity contribution in [1.82, 2.24) is 5.32 Å². The zero-order valence-corrected chi connectivity index (χ0v) is 10.5. The molecular weight excluding hydrogens is 174 g/mol. The molecule has 1 N–H and O–H groups in total. The van der Waals surface area contributed by atoms with Crippen LogP contribution in [0.2, 0.25) is 0 Å². The van der Waals surface area contributed by atoms with Gasteiger partial charge in [0.05, 0.1) is 5.60 Å². The number of hydrogen-bond acceptors (Lipinski definition) is 2. The Morgan fingerprint density at radius 2 is 1.86 bits per heavy atom. The van der Waals surface area contributed by atoms with Crippen molar-refractivity contribution in [3.63, 3.8) is 0 Å². The molecule has 2 nitrogen and oxygen atoms in total. The van der Waals surface area contributed by atoms with E-state index in [9.17, 15) is 0 Å². The third kappa shape index (κ3) is 4.97. The number of hydrogen-bond donors (Lipinski definition) is 1. The van der Waals surface area contributed by atoms with Gasteiger partial charge in [-0.3, -0.25) is 0 Å². The fraction of sp³-hybridized carbons (Fsp3) is 1.00. The van der Waals surface area contributed by atoms with Crippen molar-refractivity contribution >= 4 is 0 Å². The van der Waals surface area contributed by atoms with Crippen molar-refractivity contribution < 1.29 is 4.74 Å². The first-order valence-corrected chi connectivity index (χ1v) is 5.95. The van der Waals surface area contributed by atoms with Gasteiger partial charge in [-0.25, -0.2) is 0 Å². The van der Waals surface area contributed by atoms with E-state index in [0.717, 1.165) is 13.2 Å². The normalized spacial score (nSPS) is 14.4. The number of nitrogens with one attached hydrogen (secondary N) is 1. The largest absolute Gasteiger partial charge is 0.374 e. The van der Waals surface area contributed by atoms with Crippen molar-refractivity contribution in [3.05, 3.63) is 0 Å². The maximum Gasteiger partial charge on any atom is 0.0778 e. The van der Waals surface area contributed by atoms with Gasteiger partial charge in [-0.1, -0.05) is 26.7 Å². The molecule has 0 rings (SSSR count). The lowest BCUT2D eigenvalue weighted by atomic mass is 9.93. The van der Waals surface area contributed by atoms with Crippen LogP contribution in [0.4, 0.5) is 0 Å². The second-order valence-corrected chi connectivity index (χ2v) is 4.29. The molecule has 0 aliphatic rings. The highest BCUT2D eigenvalue weighted by atomic mass is 16.5. The number of rotatable bonds is 8. The molecule has 0 spiro atoms. The van der Waals surface area contributed by atoms with Gasteiger partial charge in [0.15, 0.2) is 0 Å². The van der Waals surface area contributed by atoms with Crippen LogP contribution in [0.3, 0.4) is 0 Å². The van der Waals surface area contributed by atoms with Crippen LogP contribution in [0.25, 0.3) is 0 Å². The molecule has 14 heavy (non-hydrogen) atoms. The molecule has 2 heteroatoms. The quantitative estimate of drug-likeness (QED) is 0.652. The van der Waals surface area contributed by atoms with E-state index in [0.29, 0.717) is 6.04 Å². The molecule has 0 aliphatic carbocycles. The minimum atomic E-state index is -0.0417. The van der Waals surface area contributed by atoms with E-state index in [2.05, 4.69) is 39.9 Å². The molecule has 0 saturated carbocycles. The van der Waals surface area contributed by atoms with Crippen LogP contribution in [0, 0.1) is 0 Å². The standard InChI is InChI=1S/C12H27NO/c1-6-9-10-11(13-7-2)12(4,5)14-8-3/h11,13H,6-10H2,1-5H3. The highest BCUT2D eigenvalue weighted by Gasteiger charge is 2.28. The van der Waals surface area contributed by atoms with Crippen LogP contribution in [-0.2, 0) is 4.74 Å². The van der Waals surface area contributed by atoms with E-state index in [-0.39, 0.29) is 5.60 Å². The summed E-state index contributed by atoms with van der Waals surface area (Å²) in [6.07, 6.45) is 3.73. The minimum absolute atomic E-state index is 0.0417. The molecule has 0 aromatic rings. The van der Waals surface area contributed by atoms with Crippen molar-refractivity contribution in [2.24, 2.45) is 0 Å². The Balaban J connectivity index is 4.14. The number of unbranched alkanes of at least 4 members (excludes halogenated alkanes) is 1. The first-order chi connectivity index (χ1) is 6.58. The summed E-state index contributed by atoms with van der Waals surface area (Å²) in [5, 5.41) is 3.52. The summed E-state index contributed by atoms with van der Waals surface area (Å²) in [6.45, 7) is 12.6. The molecule has 0 bridgehead atoms. The van der Waals surface area contributed by atoms with Crippen molar-refractivity contribution in [2.75, 3.05) is 13.2 Å². The second-order valence-electron chi connectivity index (χ2n) is 4.29. The first kappa shape index (κ1) is 13.9. The summed E-state index contributed by atoms with van der Waals surface area (Å²) >= 11 is 0. The SMILES string of the molecule is CCCCC(NCC)C(C)(C)OCC. The van der Waals surface area contributed by atoms with Crippen molar-refractivity contribution in [2.45, 2.75) is 65.5 Å². The molecule has 0 amide bonds. The van der Waals surface area contributed by atoms with Gasteiger partial charge in [0.25, 0.3) is 0 Å². The Morgan fingerprint density at radius 3 is 2.29 bits per heavy atom. The molecule has 1 atom stereocenters.